The quantitative estimate of drug-likeness (QED) is 0.786. The molecule has 3 rings (SSSR count). The number of hydrogen-bond acceptors (Lipinski definition) is 5. The highest BCUT2D eigenvalue weighted by atomic mass is 79.9. The molecule has 1 aliphatic rings. The van der Waals surface area contributed by atoms with Gasteiger partial charge in [0.05, 0.1) is 11.3 Å². The van der Waals surface area contributed by atoms with Gasteiger partial charge in [-0.05, 0) is 31.5 Å². The van der Waals surface area contributed by atoms with Crippen LogP contribution < -0.4 is 4.90 Å². The standard InChI is InChI=1S/C13H10BrN3O3/c1-6-3-8(14)4-9-11(6)17(13(19)12(9)18)5-10-15-7(2)16-20-10/h3-4H,5H2,1-2H3. The van der Waals surface area contributed by atoms with Crippen LogP contribution in [0.2, 0.25) is 0 Å². The highest BCUT2D eigenvalue weighted by molar-refractivity contribution is 9.10. The molecule has 0 unspecified atom stereocenters. The van der Waals surface area contributed by atoms with E-state index in [2.05, 4.69) is 26.1 Å². The van der Waals surface area contributed by atoms with Crippen molar-refractivity contribution in [3.63, 3.8) is 0 Å². The molecule has 0 atom stereocenters. The lowest BCUT2D eigenvalue weighted by atomic mass is 10.1. The predicted molar refractivity (Wildman–Crippen MR) is 73.4 cm³/mol. The summed E-state index contributed by atoms with van der Waals surface area (Å²) in [6.45, 7) is 3.64. The van der Waals surface area contributed by atoms with Gasteiger partial charge >= 0.3 is 0 Å². The maximum absolute atomic E-state index is 12.1. The zero-order valence-electron chi connectivity index (χ0n) is 10.8. The van der Waals surface area contributed by atoms with Crippen molar-refractivity contribution in [1.29, 1.82) is 0 Å². The molecule has 2 heterocycles. The van der Waals surface area contributed by atoms with Crippen LogP contribution >= 0.6 is 15.9 Å². The third-order valence-electron chi connectivity index (χ3n) is 3.08. The molecular weight excluding hydrogens is 326 g/mol. The number of carbonyl (C=O) groups excluding carboxylic acids is 2. The van der Waals surface area contributed by atoms with E-state index in [4.69, 9.17) is 4.52 Å². The van der Waals surface area contributed by atoms with Crippen LogP contribution in [0.15, 0.2) is 21.1 Å². The number of rotatable bonds is 2. The lowest BCUT2D eigenvalue weighted by Gasteiger charge is -2.16. The molecule has 0 saturated carbocycles. The number of amides is 1. The van der Waals surface area contributed by atoms with Gasteiger partial charge in [0.2, 0.25) is 5.89 Å². The number of halogens is 1. The molecule has 7 heteroatoms. The van der Waals surface area contributed by atoms with Crippen LogP contribution in [0.5, 0.6) is 0 Å². The monoisotopic (exact) mass is 335 g/mol. The molecule has 0 aliphatic carbocycles. The Labute approximate surface area is 122 Å². The van der Waals surface area contributed by atoms with Crippen molar-refractivity contribution in [2.45, 2.75) is 20.4 Å². The smallest absolute Gasteiger partial charge is 0.299 e. The highest BCUT2D eigenvalue weighted by Crippen LogP contribution is 2.35. The van der Waals surface area contributed by atoms with Crippen LogP contribution in [0, 0.1) is 13.8 Å². The number of carbonyl (C=O) groups is 2. The number of ketones is 1. The fourth-order valence-corrected chi connectivity index (χ4v) is 2.87. The third kappa shape index (κ3) is 1.94. The van der Waals surface area contributed by atoms with Crippen LogP contribution in [-0.4, -0.2) is 21.8 Å². The summed E-state index contributed by atoms with van der Waals surface area (Å²) < 4.78 is 5.78. The van der Waals surface area contributed by atoms with Crippen LogP contribution in [0.1, 0.15) is 27.6 Å². The van der Waals surface area contributed by atoms with E-state index in [9.17, 15) is 9.59 Å². The van der Waals surface area contributed by atoms with Gasteiger partial charge in [0.15, 0.2) is 5.82 Å². The second-order valence-electron chi connectivity index (χ2n) is 4.57. The molecule has 0 bridgehead atoms. The molecule has 6 nitrogen and oxygen atoms in total. The average Bonchev–Trinajstić information content (AvgIpc) is 2.88. The van der Waals surface area contributed by atoms with Gasteiger partial charge in [0.25, 0.3) is 11.7 Å². The maximum Gasteiger partial charge on any atom is 0.299 e. The van der Waals surface area contributed by atoms with Gasteiger partial charge in [-0.1, -0.05) is 21.1 Å². The first kappa shape index (κ1) is 13.0. The average molecular weight is 336 g/mol. The van der Waals surface area contributed by atoms with E-state index in [1.54, 1.807) is 13.0 Å². The van der Waals surface area contributed by atoms with Crippen molar-refractivity contribution in [1.82, 2.24) is 10.1 Å². The number of aromatic nitrogens is 2. The summed E-state index contributed by atoms with van der Waals surface area (Å²) in [5.41, 5.74) is 1.85. The van der Waals surface area contributed by atoms with Crippen LogP contribution in [0.3, 0.4) is 0 Å². The Balaban J connectivity index is 2.06. The molecule has 1 amide bonds. The van der Waals surface area contributed by atoms with Crippen molar-refractivity contribution < 1.29 is 14.1 Å². The largest absolute Gasteiger partial charge is 0.337 e. The molecule has 1 aromatic carbocycles. The van der Waals surface area contributed by atoms with Gasteiger partial charge in [0.1, 0.15) is 6.54 Å². The maximum atomic E-state index is 12.1. The molecule has 0 radical (unpaired) electrons. The molecule has 2 aromatic rings. The second-order valence-corrected chi connectivity index (χ2v) is 5.49. The van der Waals surface area contributed by atoms with Gasteiger partial charge in [-0.3, -0.25) is 14.5 Å². The molecule has 102 valence electrons. The van der Waals surface area contributed by atoms with Crippen molar-refractivity contribution in [2.75, 3.05) is 4.90 Å². The fourth-order valence-electron chi connectivity index (χ4n) is 2.30. The molecule has 0 fully saturated rings. The van der Waals surface area contributed by atoms with Gasteiger partial charge in [-0.25, -0.2) is 0 Å². The first-order valence-electron chi connectivity index (χ1n) is 5.93. The SMILES string of the molecule is Cc1noc(CN2C(=O)C(=O)c3cc(Br)cc(C)c32)n1. The van der Waals surface area contributed by atoms with Crippen LogP contribution in [0.4, 0.5) is 5.69 Å². The van der Waals surface area contributed by atoms with Gasteiger partial charge in [0, 0.05) is 4.47 Å². The van der Waals surface area contributed by atoms with Crippen molar-refractivity contribution in [3.05, 3.63) is 39.4 Å². The normalized spacial score (nSPS) is 14.1. The van der Waals surface area contributed by atoms with Crippen molar-refractivity contribution in [3.8, 4) is 0 Å². The van der Waals surface area contributed by atoms with E-state index in [-0.39, 0.29) is 6.54 Å². The van der Waals surface area contributed by atoms with Gasteiger partial charge < -0.3 is 4.52 Å². The molecule has 1 aliphatic heterocycles. The summed E-state index contributed by atoms with van der Waals surface area (Å²) in [6.07, 6.45) is 0. The summed E-state index contributed by atoms with van der Waals surface area (Å²) in [4.78, 5) is 29.6. The van der Waals surface area contributed by atoms with Crippen molar-refractivity contribution >= 4 is 33.3 Å². The number of nitrogens with zero attached hydrogens (tertiary/aromatic N) is 3. The number of hydrogen-bond donors (Lipinski definition) is 0. The molecular formula is C13H10BrN3O3. The summed E-state index contributed by atoms with van der Waals surface area (Å²) in [6, 6.07) is 3.51. The fraction of sp³-hybridized carbons (Fsp3) is 0.231. The third-order valence-corrected chi connectivity index (χ3v) is 3.54. The first-order chi connectivity index (χ1) is 9.47. The van der Waals surface area contributed by atoms with E-state index in [1.165, 1.54) is 4.90 Å². The highest BCUT2D eigenvalue weighted by Gasteiger charge is 2.38. The zero-order chi connectivity index (χ0) is 14.4. The molecule has 0 N–H and O–H groups in total. The minimum absolute atomic E-state index is 0.0981. The number of benzene rings is 1. The van der Waals surface area contributed by atoms with E-state index in [0.717, 1.165) is 10.0 Å². The Morgan fingerprint density at radius 2 is 2.05 bits per heavy atom. The Morgan fingerprint density at radius 3 is 2.70 bits per heavy atom. The summed E-state index contributed by atoms with van der Waals surface area (Å²) in [7, 11) is 0. The minimum Gasteiger partial charge on any atom is -0.337 e. The topological polar surface area (TPSA) is 76.3 Å². The lowest BCUT2D eigenvalue weighted by Crippen LogP contribution is -2.29. The molecule has 0 saturated heterocycles. The Morgan fingerprint density at radius 1 is 1.30 bits per heavy atom. The van der Waals surface area contributed by atoms with Gasteiger partial charge in [-0.2, -0.15) is 4.98 Å². The summed E-state index contributed by atoms with van der Waals surface area (Å²) in [5.74, 6) is -0.290. The number of anilines is 1. The van der Waals surface area contributed by atoms with Crippen LogP contribution in [-0.2, 0) is 11.3 Å². The molecule has 20 heavy (non-hydrogen) atoms. The Bertz CT molecular complexity index is 738. The lowest BCUT2D eigenvalue weighted by molar-refractivity contribution is -0.114. The molecule has 1 aromatic heterocycles. The second kappa shape index (κ2) is 4.52. The van der Waals surface area contributed by atoms with Crippen molar-refractivity contribution in [2.24, 2.45) is 0 Å². The van der Waals surface area contributed by atoms with E-state index >= 15 is 0 Å². The summed E-state index contributed by atoms with van der Waals surface area (Å²) >= 11 is 3.33. The number of fused-ring (bicyclic) bond motifs is 1. The number of aryl methyl sites for hydroxylation is 2. The first-order valence-corrected chi connectivity index (χ1v) is 6.72. The molecule has 0 spiro atoms. The minimum atomic E-state index is -0.572. The Kier molecular flexibility index (Phi) is 2.93. The van der Waals surface area contributed by atoms with E-state index in [1.807, 2.05) is 13.0 Å². The number of Topliss-reactive ketones (excluding diaryl/α,β-unsaturated/α-hetero) is 1. The van der Waals surface area contributed by atoms with E-state index < -0.39 is 11.7 Å². The predicted octanol–water partition coefficient (Wildman–Crippen LogP) is 2.18. The van der Waals surface area contributed by atoms with E-state index in [0.29, 0.717) is 23.0 Å². The van der Waals surface area contributed by atoms with Crippen LogP contribution in [0.25, 0.3) is 0 Å². The summed E-state index contributed by atoms with van der Waals surface area (Å²) in [5, 5.41) is 3.68. The van der Waals surface area contributed by atoms with Gasteiger partial charge in [-0.15, -0.1) is 0 Å². The Hall–Kier alpha value is -2.02. The zero-order valence-corrected chi connectivity index (χ0v) is 12.4.